The van der Waals surface area contributed by atoms with E-state index >= 15 is 0 Å². The maximum absolute atomic E-state index is 14.2. The average Bonchev–Trinajstić information content (AvgIpc) is 2.79. The summed E-state index contributed by atoms with van der Waals surface area (Å²) in [6, 6.07) is 12.8. The molecule has 2 aliphatic heterocycles. The van der Waals surface area contributed by atoms with Crippen LogP contribution in [0.25, 0.3) is 0 Å². The summed E-state index contributed by atoms with van der Waals surface area (Å²) >= 11 is 0. The molecule has 2 heterocycles. The molecule has 0 bridgehead atoms. The second-order valence-corrected chi connectivity index (χ2v) is 8.40. The van der Waals surface area contributed by atoms with Gasteiger partial charge in [0.2, 0.25) is 5.91 Å². The fourth-order valence-electron chi connectivity index (χ4n) is 4.39. The molecular weight excluding hydrogens is 395 g/mol. The number of halogens is 1. The summed E-state index contributed by atoms with van der Waals surface area (Å²) in [5, 5.41) is 5.63. The number of hydrogen-bond acceptors (Lipinski definition) is 3. The third-order valence-electron chi connectivity index (χ3n) is 6.08. The Hall–Kier alpha value is -3.09. The summed E-state index contributed by atoms with van der Waals surface area (Å²) in [7, 11) is 0. The van der Waals surface area contributed by atoms with Crippen molar-refractivity contribution in [3.63, 3.8) is 0 Å². The van der Waals surface area contributed by atoms with Gasteiger partial charge in [-0.3, -0.25) is 4.79 Å². The van der Waals surface area contributed by atoms with E-state index in [1.807, 2.05) is 36.1 Å². The normalized spacial score (nSPS) is 18.3. The van der Waals surface area contributed by atoms with E-state index in [1.54, 1.807) is 11.0 Å². The Morgan fingerprint density at radius 3 is 2.77 bits per heavy atom. The van der Waals surface area contributed by atoms with E-state index in [9.17, 15) is 14.0 Å². The molecule has 2 aromatic carbocycles. The molecular formula is C24H29FN4O2. The highest BCUT2D eigenvalue weighted by atomic mass is 19.1. The van der Waals surface area contributed by atoms with Crippen molar-refractivity contribution in [1.82, 2.24) is 15.5 Å². The Bertz CT molecular complexity index is 964. The number of rotatable bonds is 4. The number of fused-ring (bicyclic) bond motifs is 1. The molecule has 1 saturated heterocycles. The van der Waals surface area contributed by atoms with Crippen molar-refractivity contribution in [2.45, 2.75) is 38.8 Å². The third-order valence-corrected chi connectivity index (χ3v) is 6.08. The van der Waals surface area contributed by atoms with E-state index in [4.69, 9.17) is 0 Å². The van der Waals surface area contributed by atoms with Gasteiger partial charge in [-0.2, -0.15) is 0 Å². The highest BCUT2D eigenvalue weighted by Crippen LogP contribution is 2.24. The van der Waals surface area contributed by atoms with Crippen LogP contribution in [-0.4, -0.2) is 49.1 Å². The number of amides is 3. The van der Waals surface area contributed by atoms with Crippen molar-refractivity contribution in [3.8, 4) is 0 Å². The van der Waals surface area contributed by atoms with Gasteiger partial charge in [-0.15, -0.1) is 0 Å². The first-order valence-electron chi connectivity index (χ1n) is 10.9. The maximum Gasteiger partial charge on any atom is 0.315 e. The SMILES string of the molecule is Cc1ccc(F)c(N2CCCC(NC(=O)NCC(=O)N3CCc4ccccc4C3)C2)c1. The number of piperidine rings is 1. The summed E-state index contributed by atoms with van der Waals surface area (Å²) in [6.07, 6.45) is 2.53. The first kappa shape index (κ1) is 21.2. The second-order valence-electron chi connectivity index (χ2n) is 8.40. The fourth-order valence-corrected chi connectivity index (χ4v) is 4.39. The molecule has 1 fully saturated rings. The number of urea groups is 1. The second kappa shape index (κ2) is 9.37. The van der Waals surface area contributed by atoms with Crippen LogP contribution in [0.5, 0.6) is 0 Å². The number of carbonyl (C=O) groups is 2. The monoisotopic (exact) mass is 424 g/mol. The van der Waals surface area contributed by atoms with Gasteiger partial charge in [0.15, 0.2) is 0 Å². The Morgan fingerprint density at radius 1 is 1.13 bits per heavy atom. The first-order valence-corrected chi connectivity index (χ1v) is 10.9. The van der Waals surface area contributed by atoms with Crippen molar-refractivity contribution in [2.75, 3.05) is 31.1 Å². The predicted octanol–water partition coefficient (Wildman–Crippen LogP) is 2.99. The zero-order valence-corrected chi connectivity index (χ0v) is 17.9. The lowest BCUT2D eigenvalue weighted by molar-refractivity contribution is -0.131. The summed E-state index contributed by atoms with van der Waals surface area (Å²) < 4.78 is 14.2. The molecule has 0 aromatic heterocycles. The average molecular weight is 425 g/mol. The van der Waals surface area contributed by atoms with Gasteiger partial charge in [-0.05, 0) is 55.0 Å². The van der Waals surface area contributed by atoms with Crippen molar-refractivity contribution in [1.29, 1.82) is 0 Å². The molecule has 7 heteroatoms. The van der Waals surface area contributed by atoms with Gasteiger partial charge in [-0.25, -0.2) is 9.18 Å². The molecule has 0 spiro atoms. The quantitative estimate of drug-likeness (QED) is 0.793. The van der Waals surface area contributed by atoms with Gasteiger partial charge >= 0.3 is 6.03 Å². The van der Waals surface area contributed by atoms with Crippen LogP contribution in [0, 0.1) is 12.7 Å². The first-order chi connectivity index (χ1) is 15.0. The highest BCUT2D eigenvalue weighted by Gasteiger charge is 2.24. The number of benzene rings is 2. The van der Waals surface area contributed by atoms with Gasteiger partial charge in [0.25, 0.3) is 0 Å². The van der Waals surface area contributed by atoms with Crippen LogP contribution in [0.3, 0.4) is 0 Å². The van der Waals surface area contributed by atoms with Crippen molar-refractivity contribution in [3.05, 3.63) is 65.0 Å². The molecule has 0 radical (unpaired) electrons. The van der Waals surface area contributed by atoms with Crippen LogP contribution in [-0.2, 0) is 17.8 Å². The lowest BCUT2D eigenvalue weighted by Crippen LogP contribution is -2.52. The molecule has 6 nitrogen and oxygen atoms in total. The van der Waals surface area contributed by atoms with Crippen molar-refractivity contribution < 1.29 is 14.0 Å². The van der Waals surface area contributed by atoms with Gasteiger partial charge in [0, 0.05) is 32.2 Å². The molecule has 0 saturated carbocycles. The van der Waals surface area contributed by atoms with Crippen LogP contribution in [0.4, 0.5) is 14.9 Å². The van der Waals surface area contributed by atoms with Crippen molar-refractivity contribution in [2.24, 2.45) is 0 Å². The van der Waals surface area contributed by atoms with Gasteiger partial charge in [-0.1, -0.05) is 30.3 Å². The highest BCUT2D eigenvalue weighted by molar-refractivity contribution is 5.84. The standard InChI is InChI=1S/C24H29FN4O2/c1-17-8-9-21(25)22(13-17)28-11-4-7-20(16-28)27-24(31)26-14-23(30)29-12-10-18-5-2-3-6-19(18)15-29/h2-3,5-6,8-9,13,20H,4,7,10-12,14-16H2,1H3,(H2,26,27,31). The number of hydrogen-bond donors (Lipinski definition) is 2. The lowest BCUT2D eigenvalue weighted by Gasteiger charge is -2.35. The largest absolute Gasteiger partial charge is 0.367 e. The molecule has 2 aliphatic rings. The van der Waals surface area contributed by atoms with Crippen LogP contribution in [0.1, 0.15) is 29.5 Å². The molecule has 2 N–H and O–H groups in total. The fraction of sp³-hybridized carbons (Fsp3) is 0.417. The van der Waals surface area contributed by atoms with Crippen molar-refractivity contribution >= 4 is 17.6 Å². The van der Waals surface area contributed by atoms with E-state index in [-0.39, 0.29) is 30.3 Å². The van der Waals surface area contributed by atoms with Gasteiger partial charge in [0.1, 0.15) is 5.82 Å². The third kappa shape index (κ3) is 5.16. The number of nitrogens with zero attached hydrogens (tertiary/aromatic N) is 2. The van der Waals surface area contributed by atoms with Crippen LogP contribution in [0.2, 0.25) is 0 Å². The number of carbonyl (C=O) groups excluding carboxylic acids is 2. The van der Waals surface area contributed by atoms with Crippen LogP contribution < -0.4 is 15.5 Å². The minimum absolute atomic E-state index is 0.0308. The van der Waals surface area contributed by atoms with E-state index in [1.165, 1.54) is 11.6 Å². The maximum atomic E-state index is 14.2. The van der Waals surface area contributed by atoms with Crippen LogP contribution in [0.15, 0.2) is 42.5 Å². The number of anilines is 1. The number of aryl methyl sites for hydroxylation is 1. The lowest BCUT2D eigenvalue weighted by atomic mass is 10.00. The molecule has 4 rings (SSSR count). The zero-order chi connectivity index (χ0) is 21.8. The van der Waals surface area contributed by atoms with Gasteiger partial charge < -0.3 is 20.4 Å². The minimum Gasteiger partial charge on any atom is -0.367 e. The Labute approximate surface area is 182 Å². The minimum atomic E-state index is -0.359. The van der Waals surface area contributed by atoms with E-state index < -0.39 is 0 Å². The van der Waals surface area contributed by atoms with Crippen LogP contribution >= 0.6 is 0 Å². The molecule has 1 unspecified atom stereocenters. The molecule has 164 valence electrons. The molecule has 0 aliphatic carbocycles. The van der Waals surface area contributed by atoms with E-state index in [0.29, 0.717) is 25.3 Å². The Morgan fingerprint density at radius 2 is 1.94 bits per heavy atom. The topological polar surface area (TPSA) is 64.7 Å². The molecule has 31 heavy (non-hydrogen) atoms. The molecule has 2 aromatic rings. The Kier molecular flexibility index (Phi) is 6.39. The molecule has 3 amide bonds. The summed E-state index contributed by atoms with van der Waals surface area (Å²) in [6.45, 7) is 4.46. The smallest absolute Gasteiger partial charge is 0.315 e. The summed E-state index contributed by atoms with van der Waals surface area (Å²) in [5.74, 6) is -0.332. The number of nitrogens with one attached hydrogen (secondary N) is 2. The summed E-state index contributed by atoms with van der Waals surface area (Å²) in [4.78, 5) is 28.7. The van der Waals surface area contributed by atoms with E-state index in [2.05, 4.69) is 16.7 Å². The van der Waals surface area contributed by atoms with E-state index in [0.717, 1.165) is 36.9 Å². The predicted molar refractivity (Wildman–Crippen MR) is 118 cm³/mol. The zero-order valence-electron chi connectivity index (χ0n) is 17.9. The summed E-state index contributed by atoms with van der Waals surface area (Å²) in [5.41, 5.74) is 4.02. The van der Waals surface area contributed by atoms with Gasteiger partial charge in [0.05, 0.1) is 12.2 Å². The molecule has 1 atom stereocenters. The Balaban J connectivity index is 1.26.